The fourth-order valence-corrected chi connectivity index (χ4v) is 2.74. The highest BCUT2D eigenvalue weighted by Gasteiger charge is 2.10. The van der Waals surface area contributed by atoms with Crippen molar-refractivity contribution in [3.05, 3.63) is 23.9 Å². The molecular weight excluding hydrogens is 230 g/mol. The van der Waals surface area contributed by atoms with Gasteiger partial charge in [-0.25, -0.2) is 9.78 Å². The van der Waals surface area contributed by atoms with Crippen molar-refractivity contribution in [2.24, 2.45) is 0 Å². The molecule has 1 rings (SSSR count). The lowest BCUT2D eigenvalue weighted by molar-refractivity contribution is 0.0692. The van der Waals surface area contributed by atoms with Gasteiger partial charge in [0.25, 0.3) is 0 Å². The lowest BCUT2D eigenvalue weighted by Crippen LogP contribution is -2.00. The maximum atomic E-state index is 10.9. The van der Waals surface area contributed by atoms with Crippen molar-refractivity contribution >= 4 is 29.5 Å². The lowest BCUT2D eigenvalue weighted by Gasteiger charge is -2.03. The molecule has 0 saturated carbocycles. The summed E-state index contributed by atoms with van der Waals surface area (Å²) in [5, 5.41) is 9.52. The number of rotatable bonds is 6. The number of carbonyl (C=O) groups is 1. The minimum absolute atomic E-state index is 0.295. The maximum Gasteiger partial charge on any atom is 0.338 e. The summed E-state index contributed by atoms with van der Waals surface area (Å²) >= 11 is 3.35. The zero-order chi connectivity index (χ0) is 11.1. The Bertz CT molecular complexity index is 331. The molecule has 0 aliphatic carbocycles. The fourth-order valence-electron chi connectivity index (χ4n) is 1.01. The second kappa shape index (κ2) is 6.74. The molecule has 0 aliphatic rings. The number of aromatic carboxylic acids is 1. The Kier molecular flexibility index (Phi) is 5.57. The van der Waals surface area contributed by atoms with Gasteiger partial charge in [0.2, 0.25) is 0 Å². The summed E-state index contributed by atoms with van der Waals surface area (Å²) in [7, 11) is 0. The van der Waals surface area contributed by atoms with Crippen molar-refractivity contribution in [3.8, 4) is 0 Å². The van der Waals surface area contributed by atoms with E-state index in [1.165, 1.54) is 11.8 Å². The summed E-state index contributed by atoms with van der Waals surface area (Å²) in [5.41, 5.74) is 0.295. The smallest absolute Gasteiger partial charge is 0.338 e. The van der Waals surface area contributed by atoms with Crippen molar-refractivity contribution in [2.45, 2.75) is 11.9 Å². The van der Waals surface area contributed by atoms with Crippen LogP contribution in [-0.4, -0.2) is 33.3 Å². The number of hydrogen-bond acceptors (Lipinski definition) is 4. The summed E-state index contributed by atoms with van der Waals surface area (Å²) < 4.78 is 0. The first-order chi connectivity index (χ1) is 7.25. The largest absolute Gasteiger partial charge is 0.478 e. The summed E-state index contributed by atoms with van der Waals surface area (Å²) in [6.07, 6.45) is 1.63. The van der Waals surface area contributed by atoms with E-state index in [4.69, 9.17) is 5.11 Å². The third-order valence-electron chi connectivity index (χ3n) is 1.67. The number of pyridine rings is 1. The Hall–Kier alpha value is -0.680. The van der Waals surface area contributed by atoms with Crippen LogP contribution >= 0.6 is 23.5 Å². The molecule has 0 amide bonds. The number of thioether (sulfide) groups is 2. The van der Waals surface area contributed by atoms with E-state index < -0.39 is 5.97 Å². The molecule has 0 aliphatic heterocycles. The minimum Gasteiger partial charge on any atom is -0.478 e. The molecule has 0 radical (unpaired) electrons. The van der Waals surface area contributed by atoms with Crippen molar-refractivity contribution in [3.63, 3.8) is 0 Å². The van der Waals surface area contributed by atoms with Gasteiger partial charge in [0.15, 0.2) is 0 Å². The van der Waals surface area contributed by atoms with Crippen LogP contribution in [0.1, 0.15) is 17.3 Å². The number of hydrogen-bond donors (Lipinski definition) is 1. The van der Waals surface area contributed by atoms with Crippen LogP contribution in [0.25, 0.3) is 0 Å². The van der Waals surface area contributed by atoms with Crippen LogP contribution in [-0.2, 0) is 0 Å². The first-order valence-electron chi connectivity index (χ1n) is 4.64. The highest BCUT2D eigenvalue weighted by atomic mass is 32.2. The molecule has 0 bridgehead atoms. The normalized spacial score (nSPS) is 10.2. The molecule has 0 unspecified atom stereocenters. The van der Waals surface area contributed by atoms with Gasteiger partial charge in [-0.1, -0.05) is 6.92 Å². The standard InChI is InChI=1S/C10H13NO2S2/c1-2-14-6-7-15-9-8(10(12)13)4-3-5-11-9/h3-5H,2,6-7H2,1H3,(H,12,13). The van der Waals surface area contributed by atoms with Gasteiger partial charge in [-0.2, -0.15) is 11.8 Å². The van der Waals surface area contributed by atoms with E-state index in [0.29, 0.717) is 10.6 Å². The van der Waals surface area contributed by atoms with Crippen LogP contribution in [0.5, 0.6) is 0 Å². The Morgan fingerprint density at radius 2 is 2.33 bits per heavy atom. The summed E-state index contributed by atoms with van der Waals surface area (Å²) in [6, 6.07) is 3.24. The van der Waals surface area contributed by atoms with Crippen LogP contribution < -0.4 is 0 Å². The third-order valence-corrected chi connectivity index (χ3v) is 3.84. The Morgan fingerprint density at radius 3 is 3.00 bits per heavy atom. The van der Waals surface area contributed by atoms with Crippen molar-refractivity contribution in [1.29, 1.82) is 0 Å². The van der Waals surface area contributed by atoms with Gasteiger partial charge in [0.1, 0.15) is 5.03 Å². The van der Waals surface area contributed by atoms with Crippen LogP contribution in [0.3, 0.4) is 0 Å². The van der Waals surface area contributed by atoms with E-state index in [-0.39, 0.29) is 0 Å². The summed E-state index contributed by atoms with van der Waals surface area (Å²) in [4.78, 5) is 14.9. The van der Waals surface area contributed by atoms with Gasteiger partial charge in [-0.05, 0) is 17.9 Å². The van der Waals surface area contributed by atoms with E-state index in [2.05, 4.69) is 11.9 Å². The van der Waals surface area contributed by atoms with Crippen molar-refractivity contribution < 1.29 is 9.90 Å². The van der Waals surface area contributed by atoms with E-state index in [9.17, 15) is 4.79 Å². The predicted octanol–water partition coefficient (Wildman–Crippen LogP) is 2.62. The minimum atomic E-state index is -0.909. The third kappa shape index (κ3) is 4.13. The molecule has 0 spiro atoms. The van der Waals surface area contributed by atoms with Crippen molar-refractivity contribution in [2.75, 3.05) is 17.3 Å². The van der Waals surface area contributed by atoms with Crippen LogP contribution in [0, 0.1) is 0 Å². The Balaban J connectivity index is 2.56. The fraction of sp³-hybridized carbons (Fsp3) is 0.400. The zero-order valence-electron chi connectivity index (χ0n) is 8.47. The molecule has 0 atom stereocenters. The maximum absolute atomic E-state index is 10.9. The molecule has 0 aromatic carbocycles. The molecule has 15 heavy (non-hydrogen) atoms. The number of carboxylic acids is 1. The van der Waals surface area contributed by atoms with Gasteiger partial charge < -0.3 is 5.11 Å². The van der Waals surface area contributed by atoms with Crippen LogP contribution in [0.4, 0.5) is 0 Å². The van der Waals surface area contributed by atoms with Gasteiger partial charge in [-0.3, -0.25) is 0 Å². The molecule has 1 aromatic rings. The summed E-state index contributed by atoms with van der Waals surface area (Å²) in [6.45, 7) is 2.11. The molecule has 82 valence electrons. The number of nitrogens with zero attached hydrogens (tertiary/aromatic N) is 1. The molecule has 1 aromatic heterocycles. The van der Waals surface area contributed by atoms with Crippen LogP contribution in [0.15, 0.2) is 23.4 Å². The number of carboxylic acid groups (broad SMARTS) is 1. The monoisotopic (exact) mass is 243 g/mol. The van der Waals surface area contributed by atoms with Crippen molar-refractivity contribution in [1.82, 2.24) is 4.98 Å². The molecule has 5 heteroatoms. The van der Waals surface area contributed by atoms with Gasteiger partial charge >= 0.3 is 5.97 Å². The highest BCUT2D eigenvalue weighted by Crippen LogP contribution is 2.20. The van der Waals surface area contributed by atoms with E-state index in [0.717, 1.165) is 17.3 Å². The molecule has 1 heterocycles. The molecule has 0 fully saturated rings. The quantitative estimate of drug-likeness (QED) is 0.615. The van der Waals surface area contributed by atoms with Crippen LogP contribution in [0.2, 0.25) is 0 Å². The summed E-state index contributed by atoms with van der Waals surface area (Å²) in [5.74, 6) is 2.11. The molecule has 1 N–H and O–H groups in total. The molecular formula is C10H13NO2S2. The van der Waals surface area contributed by atoms with Gasteiger partial charge in [0, 0.05) is 17.7 Å². The second-order valence-corrected chi connectivity index (χ2v) is 5.18. The lowest BCUT2D eigenvalue weighted by atomic mass is 10.3. The zero-order valence-corrected chi connectivity index (χ0v) is 10.1. The number of aromatic nitrogens is 1. The Morgan fingerprint density at radius 1 is 1.53 bits per heavy atom. The molecule has 3 nitrogen and oxygen atoms in total. The highest BCUT2D eigenvalue weighted by molar-refractivity contribution is 8.02. The first kappa shape index (κ1) is 12.4. The van der Waals surface area contributed by atoms with Gasteiger partial charge in [0.05, 0.1) is 5.56 Å². The topological polar surface area (TPSA) is 50.2 Å². The first-order valence-corrected chi connectivity index (χ1v) is 6.78. The average molecular weight is 243 g/mol. The average Bonchev–Trinajstić information content (AvgIpc) is 2.25. The SMILES string of the molecule is CCSCCSc1ncccc1C(=O)O. The Labute approximate surface area is 97.7 Å². The van der Waals surface area contributed by atoms with E-state index >= 15 is 0 Å². The van der Waals surface area contributed by atoms with E-state index in [1.54, 1.807) is 18.3 Å². The second-order valence-electron chi connectivity index (χ2n) is 2.71. The van der Waals surface area contributed by atoms with Gasteiger partial charge in [-0.15, -0.1) is 11.8 Å². The predicted molar refractivity (Wildman–Crippen MR) is 64.9 cm³/mol. The molecule has 0 saturated heterocycles. The van der Waals surface area contributed by atoms with E-state index in [1.807, 2.05) is 11.8 Å².